The number of carbonyl (C=O) groups is 1. The van der Waals surface area contributed by atoms with E-state index >= 15 is 0 Å². The fourth-order valence-corrected chi connectivity index (χ4v) is 2.97. The van der Waals surface area contributed by atoms with E-state index in [2.05, 4.69) is 5.32 Å². The Morgan fingerprint density at radius 3 is 2.71 bits per heavy atom. The molecule has 3 rings (SSSR count). The Kier molecular flexibility index (Phi) is 4.72. The van der Waals surface area contributed by atoms with Crippen molar-refractivity contribution in [1.82, 2.24) is 10.2 Å². The third-order valence-electron chi connectivity index (χ3n) is 4.06. The summed E-state index contributed by atoms with van der Waals surface area (Å²) in [5.41, 5.74) is 1.10. The third kappa shape index (κ3) is 3.54. The first-order valence-corrected chi connectivity index (χ1v) is 7.66. The fourth-order valence-electron chi connectivity index (χ4n) is 2.97. The van der Waals surface area contributed by atoms with Gasteiger partial charge in [-0.25, -0.2) is 4.79 Å². The Morgan fingerprint density at radius 2 is 1.95 bits per heavy atom. The number of benzene rings is 1. The van der Waals surface area contributed by atoms with Crippen molar-refractivity contribution in [3.8, 4) is 0 Å². The summed E-state index contributed by atoms with van der Waals surface area (Å²) in [6, 6.07) is 9.96. The van der Waals surface area contributed by atoms with Crippen LogP contribution >= 0.6 is 0 Å². The van der Waals surface area contributed by atoms with Gasteiger partial charge in [-0.05, 0) is 24.8 Å². The van der Waals surface area contributed by atoms with Crippen molar-refractivity contribution < 1.29 is 14.3 Å². The zero-order valence-electron chi connectivity index (χ0n) is 12.2. The van der Waals surface area contributed by atoms with Crippen molar-refractivity contribution in [3.05, 3.63) is 35.9 Å². The van der Waals surface area contributed by atoms with Crippen molar-refractivity contribution >= 4 is 6.03 Å². The van der Waals surface area contributed by atoms with Crippen LogP contribution in [0.2, 0.25) is 0 Å². The first-order valence-electron chi connectivity index (χ1n) is 7.66. The van der Waals surface area contributed by atoms with Gasteiger partial charge in [0.15, 0.2) is 6.29 Å². The molecule has 114 valence electrons. The van der Waals surface area contributed by atoms with E-state index in [9.17, 15) is 4.79 Å². The van der Waals surface area contributed by atoms with E-state index in [-0.39, 0.29) is 18.4 Å². The second-order valence-corrected chi connectivity index (χ2v) is 5.51. The summed E-state index contributed by atoms with van der Waals surface area (Å²) < 4.78 is 11.2. The Bertz CT molecular complexity index is 460. The van der Waals surface area contributed by atoms with E-state index in [1.807, 2.05) is 35.2 Å². The van der Waals surface area contributed by atoms with Crippen molar-refractivity contribution in [1.29, 1.82) is 0 Å². The molecule has 2 amide bonds. The lowest BCUT2D eigenvalue weighted by atomic mass is 10.0. The number of nitrogens with one attached hydrogen (secondary N) is 1. The molecule has 2 aliphatic heterocycles. The van der Waals surface area contributed by atoms with Crippen LogP contribution in [0.15, 0.2) is 30.3 Å². The van der Waals surface area contributed by atoms with E-state index < -0.39 is 0 Å². The predicted molar refractivity (Wildman–Crippen MR) is 78.7 cm³/mol. The Morgan fingerprint density at radius 1 is 1.19 bits per heavy atom. The Balaban J connectivity index is 1.58. The summed E-state index contributed by atoms with van der Waals surface area (Å²) in [4.78, 5) is 14.3. The van der Waals surface area contributed by atoms with Gasteiger partial charge in [-0.3, -0.25) is 0 Å². The smallest absolute Gasteiger partial charge is 0.318 e. The number of ether oxygens (including phenoxy) is 2. The zero-order chi connectivity index (χ0) is 14.5. The van der Waals surface area contributed by atoms with Gasteiger partial charge in [-0.2, -0.15) is 0 Å². The van der Waals surface area contributed by atoms with Crippen LogP contribution in [0.4, 0.5) is 4.79 Å². The Hall–Kier alpha value is -1.59. The standard InChI is InChI=1S/C16H22N2O3/c19-16(17-12-13-6-2-1-3-7-13)18-9-5-4-8-14(18)15-20-10-11-21-15/h1-3,6-7,14-15H,4-5,8-12H2,(H,17,19). The highest BCUT2D eigenvalue weighted by atomic mass is 16.7. The number of nitrogens with zero attached hydrogens (tertiary/aromatic N) is 1. The Labute approximate surface area is 125 Å². The number of hydrogen-bond acceptors (Lipinski definition) is 3. The quantitative estimate of drug-likeness (QED) is 0.927. The second-order valence-electron chi connectivity index (χ2n) is 5.51. The molecule has 5 heteroatoms. The molecule has 1 N–H and O–H groups in total. The molecule has 1 atom stereocenters. The molecular formula is C16H22N2O3. The molecule has 2 heterocycles. The molecule has 1 aromatic rings. The first kappa shape index (κ1) is 14.4. The molecule has 1 unspecified atom stereocenters. The summed E-state index contributed by atoms with van der Waals surface area (Å²) in [6.07, 6.45) is 2.86. The molecule has 2 fully saturated rings. The molecule has 0 aromatic heterocycles. The van der Waals surface area contributed by atoms with Gasteiger partial charge in [0.2, 0.25) is 0 Å². The highest BCUT2D eigenvalue weighted by molar-refractivity contribution is 5.74. The van der Waals surface area contributed by atoms with Crippen LogP contribution in [0.1, 0.15) is 24.8 Å². The SMILES string of the molecule is O=C(NCc1ccccc1)N1CCCCC1C1OCCO1. The van der Waals surface area contributed by atoms with Gasteiger partial charge in [0.05, 0.1) is 19.3 Å². The average molecular weight is 290 g/mol. The lowest BCUT2D eigenvalue weighted by Gasteiger charge is -2.37. The number of urea groups is 1. The number of amides is 2. The predicted octanol–water partition coefficient (Wildman–Crippen LogP) is 2.12. The summed E-state index contributed by atoms with van der Waals surface area (Å²) in [5, 5.41) is 3.00. The molecule has 0 spiro atoms. The van der Waals surface area contributed by atoms with Crippen LogP contribution < -0.4 is 5.32 Å². The summed E-state index contributed by atoms with van der Waals surface area (Å²) >= 11 is 0. The molecule has 0 aliphatic carbocycles. The number of likely N-dealkylation sites (tertiary alicyclic amines) is 1. The van der Waals surface area contributed by atoms with Crippen molar-refractivity contribution in [2.75, 3.05) is 19.8 Å². The minimum Gasteiger partial charge on any atom is -0.348 e. The van der Waals surface area contributed by atoms with E-state index in [0.29, 0.717) is 19.8 Å². The lowest BCUT2D eigenvalue weighted by Crippen LogP contribution is -2.53. The summed E-state index contributed by atoms with van der Waals surface area (Å²) in [7, 11) is 0. The molecule has 0 bridgehead atoms. The monoisotopic (exact) mass is 290 g/mol. The van der Waals surface area contributed by atoms with Gasteiger partial charge in [-0.15, -0.1) is 0 Å². The van der Waals surface area contributed by atoms with Gasteiger partial charge in [0.25, 0.3) is 0 Å². The highest BCUT2D eigenvalue weighted by Crippen LogP contribution is 2.24. The van der Waals surface area contributed by atoms with Crippen LogP contribution in [0, 0.1) is 0 Å². The number of carbonyl (C=O) groups excluding carboxylic acids is 1. The van der Waals surface area contributed by atoms with Crippen LogP contribution in [-0.2, 0) is 16.0 Å². The van der Waals surface area contributed by atoms with E-state index in [1.54, 1.807) is 0 Å². The van der Waals surface area contributed by atoms with Crippen molar-refractivity contribution in [2.45, 2.75) is 38.1 Å². The van der Waals surface area contributed by atoms with Crippen molar-refractivity contribution in [3.63, 3.8) is 0 Å². The minimum atomic E-state index is -0.257. The van der Waals surface area contributed by atoms with E-state index in [1.165, 1.54) is 0 Å². The van der Waals surface area contributed by atoms with E-state index in [4.69, 9.17) is 9.47 Å². The maximum Gasteiger partial charge on any atom is 0.318 e. The second kappa shape index (κ2) is 6.91. The normalized spacial score (nSPS) is 23.2. The maximum absolute atomic E-state index is 12.4. The lowest BCUT2D eigenvalue weighted by molar-refractivity contribution is -0.0983. The molecular weight excluding hydrogens is 268 g/mol. The van der Waals surface area contributed by atoms with Crippen LogP contribution in [0.5, 0.6) is 0 Å². The first-order chi connectivity index (χ1) is 10.3. The summed E-state index contributed by atoms with van der Waals surface area (Å²) in [6.45, 7) is 2.57. The van der Waals surface area contributed by atoms with Crippen LogP contribution in [-0.4, -0.2) is 43.0 Å². The van der Waals surface area contributed by atoms with E-state index in [0.717, 1.165) is 31.4 Å². The van der Waals surface area contributed by atoms with Crippen molar-refractivity contribution in [2.24, 2.45) is 0 Å². The number of piperidine rings is 1. The molecule has 0 saturated carbocycles. The molecule has 2 aliphatic rings. The third-order valence-corrected chi connectivity index (χ3v) is 4.06. The molecule has 21 heavy (non-hydrogen) atoms. The average Bonchev–Trinajstić information content (AvgIpc) is 3.08. The van der Waals surface area contributed by atoms with Gasteiger partial charge in [0.1, 0.15) is 0 Å². The fraction of sp³-hybridized carbons (Fsp3) is 0.562. The molecule has 0 radical (unpaired) electrons. The van der Waals surface area contributed by atoms with Gasteiger partial charge < -0.3 is 19.7 Å². The molecule has 1 aromatic carbocycles. The largest absolute Gasteiger partial charge is 0.348 e. The van der Waals surface area contributed by atoms with Gasteiger partial charge in [-0.1, -0.05) is 30.3 Å². The number of rotatable bonds is 3. The maximum atomic E-state index is 12.4. The highest BCUT2D eigenvalue weighted by Gasteiger charge is 2.36. The van der Waals surface area contributed by atoms with Crippen LogP contribution in [0.25, 0.3) is 0 Å². The zero-order valence-corrected chi connectivity index (χ0v) is 12.2. The minimum absolute atomic E-state index is 0.0253. The number of hydrogen-bond donors (Lipinski definition) is 1. The molecule has 2 saturated heterocycles. The topological polar surface area (TPSA) is 50.8 Å². The van der Waals surface area contributed by atoms with Gasteiger partial charge in [0, 0.05) is 13.1 Å². The van der Waals surface area contributed by atoms with Gasteiger partial charge >= 0.3 is 6.03 Å². The van der Waals surface area contributed by atoms with Crippen LogP contribution in [0.3, 0.4) is 0 Å². The molecule has 5 nitrogen and oxygen atoms in total. The summed E-state index contributed by atoms with van der Waals surface area (Å²) in [5.74, 6) is 0.